The van der Waals surface area contributed by atoms with Crippen LogP contribution in [0.5, 0.6) is 0 Å². The molecule has 0 amide bonds. The zero-order valence-corrected chi connectivity index (χ0v) is 10.6. The van der Waals surface area contributed by atoms with E-state index in [1.807, 2.05) is 6.92 Å². The SMILES string of the molecule is [C-]#[N+][C@H](C1CCC1)S(=O)(=O)c1ccc(C)cc1. The number of benzene rings is 1. The van der Waals surface area contributed by atoms with Crippen LogP contribution in [0.4, 0.5) is 0 Å². The van der Waals surface area contributed by atoms with E-state index in [1.165, 1.54) is 0 Å². The summed E-state index contributed by atoms with van der Waals surface area (Å²) in [6, 6.07) is 6.74. The fraction of sp³-hybridized carbons (Fsp3) is 0.462. The topological polar surface area (TPSA) is 38.5 Å². The lowest BCUT2D eigenvalue weighted by atomic mass is 9.85. The van der Waals surface area contributed by atoms with Crippen molar-refractivity contribution >= 4 is 9.84 Å². The quantitative estimate of drug-likeness (QED) is 0.773. The molecular weight excluding hydrogens is 234 g/mol. The van der Waals surface area contributed by atoms with Crippen molar-refractivity contribution in [1.82, 2.24) is 0 Å². The molecule has 1 aromatic carbocycles. The highest BCUT2D eigenvalue weighted by Crippen LogP contribution is 2.36. The van der Waals surface area contributed by atoms with Gasteiger partial charge in [0.05, 0.1) is 4.90 Å². The average molecular weight is 249 g/mol. The van der Waals surface area contributed by atoms with Gasteiger partial charge >= 0.3 is 5.37 Å². The first-order valence-electron chi connectivity index (χ1n) is 5.73. The van der Waals surface area contributed by atoms with Crippen molar-refractivity contribution in [2.75, 3.05) is 0 Å². The molecule has 0 heterocycles. The van der Waals surface area contributed by atoms with Gasteiger partial charge in [0, 0.05) is 5.92 Å². The molecule has 0 N–H and O–H groups in total. The van der Waals surface area contributed by atoms with Crippen molar-refractivity contribution < 1.29 is 8.42 Å². The second kappa shape index (κ2) is 4.50. The molecule has 0 saturated heterocycles. The Balaban J connectivity index is 2.34. The molecule has 0 unspecified atom stereocenters. The number of rotatable bonds is 3. The van der Waals surface area contributed by atoms with Crippen LogP contribution in [0.3, 0.4) is 0 Å². The van der Waals surface area contributed by atoms with E-state index in [0.717, 1.165) is 24.8 Å². The second-order valence-corrected chi connectivity index (χ2v) is 6.61. The van der Waals surface area contributed by atoms with Crippen LogP contribution in [0.15, 0.2) is 29.2 Å². The smallest absolute Gasteiger partial charge is 0.296 e. The van der Waals surface area contributed by atoms with Crippen molar-refractivity contribution in [2.45, 2.75) is 36.5 Å². The molecule has 1 saturated carbocycles. The lowest BCUT2D eigenvalue weighted by Gasteiger charge is -2.25. The van der Waals surface area contributed by atoms with E-state index in [0.29, 0.717) is 0 Å². The van der Waals surface area contributed by atoms with Crippen molar-refractivity contribution in [1.29, 1.82) is 0 Å². The van der Waals surface area contributed by atoms with Crippen molar-refractivity contribution in [3.63, 3.8) is 0 Å². The molecule has 90 valence electrons. The van der Waals surface area contributed by atoms with Crippen LogP contribution in [0.1, 0.15) is 24.8 Å². The first kappa shape index (κ1) is 12.1. The Kier molecular flexibility index (Phi) is 3.21. The summed E-state index contributed by atoms with van der Waals surface area (Å²) in [7, 11) is -3.48. The lowest BCUT2D eigenvalue weighted by Crippen LogP contribution is -2.31. The third-order valence-corrected chi connectivity index (χ3v) is 5.40. The summed E-state index contributed by atoms with van der Waals surface area (Å²) in [4.78, 5) is 3.62. The molecule has 1 atom stereocenters. The van der Waals surface area contributed by atoms with Gasteiger partial charge < -0.3 is 0 Å². The highest BCUT2D eigenvalue weighted by molar-refractivity contribution is 7.92. The summed E-state index contributed by atoms with van der Waals surface area (Å²) in [6.45, 7) is 9.03. The molecule has 4 heteroatoms. The molecular formula is C13H15NO2S. The third-order valence-electron chi connectivity index (χ3n) is 3.35. The minimum atomic E-state index is -3.48. The van der Waals surface area contributed by atoms with Gasteiger partial charge in [-0.25, -0.2) is 15.0 Å². The predicted octanol–water partition coefficient (Wildman–Crippen LogP) is 2.81. The lowest BCUT2D eigenvalue weighted by molar-refractivity contribution is 0.318. The van der Waals surface area contributed by atoms with Crippen LogP contribution in [-0.4, -0.2) is 13.8 Å². The highest BCUT2D eigenvalue weighted by atomic mass is 32.2. The summed E-state index contributed by atoms with van der Waals surface area (Å²) in [5, 5.41) is -0.890. The van der Waals surface area contributed by atoms with Crippen LogP contribution in [0.25, 0.3) is 4.85 Å². The van der Waals surface area contributed by atoms with Crippen molar-refractivity contribution in [2.24, 2.45) is 5.92 Å². The normalized spacial score (nSPS) is 18.1. The molecule has 3 nitrogen and oxygen atoms in total. The van der Waals surface area contributed by atoms with Gasteiger partial charge in [0.2, 0.25) is 0 Å². The summed E-state index contributed by atoms with van der Waals surface area (Å²) in [5.41, 5.74) is 1.02. The maximum atomic E-state index is 12.3. The Morgan fingerprint density at radius 2 is 1.88 bits per heavy atom. The summed E-state index contributed by atoms with van der Waals surface area (Å²) >= 11 is 0. The van der Waals surface area contributed by atoms with Gasteiger partial charge in [-0.05, 0) is 31.9 Å². The molecule has 0 aliphatic heterocycles. The van der Waals surface area contributed by atoms with E-state index in [-0.39, 0.29) is 10.8 Å². The molecule has 17 heavy (non-hydrogen) atoms. The van der Waals surface area contributed by atoms with Crippen LogP contribution < -0.4 is 0 Å². The van der Waals surface area contributed by atoms with E-state index < -0.39 is 15.2 Å². The molecule has 0 radical (unpaired) electrons. The molecule has 1 aliphatic rings. The molecule has 0 spiro atoms. The van der Waals surface area contributed by atoms with Gasteiger partial charge in [-0.3, -0.25) is 4.85 Å². The Hall–Kier alpha value is -1.34. The van der Waals surface area contributed by atoms with Crippen LogP contribution in [0, 0.1) is 19.4 Å². The largest absolute Gasteiger partial charge is 0.327 e. The second-order valence-electron chi connectivity index (χ2n) is 4.57. The van der Waals surface area contributed by atoms with E-state index in [9.17, 15) is 8.42 Å². The Morgan fingerprint density at radius 3 is 2.29 bits per heavy atom. The summed E-state index contributed by atoms with van der Waals surface area (Å²) < 4.78 is 24.6. The van der Waals surface area contributed by atoms with Gasteiger partial charge in [-0.2, -0.15) is 0 Å². The molecule has 1 aliphatic carbocycles. The fourth-order valence-electron chi connectivity index (χ4n) is 2.02. The third kappa shape index (κ3) is 2.20. The number of aryl methyl sites for hydroxylation is 1. The van der Waals surface area contributed by atoms with Crippen LogP contribution in [0.2, 0.25) is 0 Å². The zero-order chi connectivity index (χ0) is 12.5. The Labute approximate surface area is 102 Å². The predicted molar refractivity (Wildman–Crippen MR) is 66.1 cm³/mol. The van der Waals surface area contributed by atoms with Crippen molar-refractivity contribution in [3.05, 3.63) is 41.2 Å². The maximum Gasteiger partial charge on any atom is 0.327 e. The van der Waals surface area contributed by atoms with Gasteiger partial charge in [0.1, 0.15) is 0 Å². The summed E-state index contributed by atoms with van der Waals surface area (Å²) in [6.07, 6.45) is 2.76. The number of hydrogen-bond donors (Lipinski definition) is 0. The first-order chi connectivity index (χ1) is 8.05. The Morgan fingerprint density at radius 1 is 1.29 bits per heavy atom. The van der Waals surface area contributed by atoms with Gasteiger partial charge in [-0.1, -0.05) is 24.1 Å². The molecule has 0 bridgehead atoms. The number of hydrogen-bond acceptors (Lipinski definition) is 2. The minimum absolute atomic E-state index is 0.0267. The van der Waals surface area contributed by atoms with Crippen LogP contribution >= 0.6 is 0 Å². The van der Waals surface area contributed by atoms with Gasteiger partial charge in [0.25, 0.3) is 9.84 Å². The zero-order valence-electron chi connectivity index (χ0n) is 9.76. The van der Waals surface area contributed by atoms with E-state index in [2.05, 4.69) is 4.85 Å². The first-order valence-corrected chi connectivity index (χ1v) is 7.27. The van der Waals surface area contributed by atoms with Gasteiger partial charge in [-0.15, -0.1) is 0 Å². The van der Waals surface area contributed by atoms with E-state index in [4.69, 9.17) is 6.57 Å². The maximum absolute atomic E-state index is 12.3. The van der Waals surface area contributed by atoms with E-state index in [1.54, 1.807) is 24.3 Å². The molecule has 0 aromatic heterocycles. The molecule has 2 rings (SSSR count). The molecule has 1 fully saturated rings. The van der Waals surface area contributed by atoms with Crippen LogP contribution in [-0.2, 0) is 9.84 Å². The minimum Gasteiger partial charge on any atom is -0.296 e. The standard InChI is InChI=1S/C13H15NO2S/c1-10-6-8-12(9-7-10)17(15,16)13(14-2)11-4-3-5-11/h6-9,11,13H,3-5H2,1H3/t13-/m0/s1. The van der Waals surface area contributed by atoms with E-state index >= 15 is 0 Å². The monoisotopic (exact) mass is 249 g/mol. The van der Waals surface area contributed by atoms with Crippen molar-refractivity contribution in [3.8, 4) is 0 Å². The fourth-order valence-corrected chi connectivity index (χ4v) is 3.73. The molecule has 1 aromatic rings. The Bertz CT molecular complexity index is 536. The average Bonchev–Trinajstić information content (AvgIpc) is 2.23. The highest BCUT2D eigenvalue weighted by Gasteiger charge is 2.42. The summed E-state index contributed by atoms with van der Waals surface area (Å²) in [5.74, 6) is 0.0267. The number of sulfone groups is 1. The van der Waals surface area contributed by atoms with Gasteiger partial charge in [0.15, 0.2) is 0 Å². The number of nitrogens with zero attached hydrogens (tertiary/aromatic N) is 1.